The van der Waals surface area contributed by atoms with Crippen molar-refractivity contribution in [3.63, 3.8) is 0 Å². The molecule has 0 bridgehead atoms. The number of nitrogens with zero attached hydrogens (tertiary/aromatic N) is 2. The summed E-state index contributed by atoms with van der Waals surface area (Å²) in [5.74, 6) is 0.907. The van der Waals surface area contributed by atoms with Gasteiger partial charge in [-0.05, 0) is 54.7 Å². The lowest BCUT2D eigenvalue weighted by Crippen LogP contribution is -2.62. The monoisotopic (exact) mass is 415 g/mol. The number of rotatable bonds is 5. The van der Waals surface area contributed by atoms with Gasteiger partial charge in [-0.3, -0.25) is 0 Å². The molecule has 4 atom stereocenters. The summed E-state index contributed by atoms with van der Waals surface area (Å²) in [6.45, 7) is 2.28. The van der Waals surface area contributed by atoms with E-state index < -0.39 is 0 Å². The van der Waals surface area contributed by atoms with Crippen LogP contribution in [0.2, 0.25) is 0 Å². The van der Waals surface area contributed by atoms with Gasteiger partial charge in [0, 0.05) is 31.3 Å². The third kappa shape index (κ3) is 2.54. The second-order valence-corrected chi connectivity index (χ2v) is 9.69. The van der Waals surface area contributed by atoms with Crippen molar-refractivity contribution in [3.8, 4) is 5.75 Å². The first-order chi connectivity index (χ1) is 15.2. The van der Waals surface area contributed by atoms with Gasteiger partial charge in [0.2, 0.25) is 0 Å². The fourth-order valence-corrected chi connectivity index (χ4v) is 7.41. The maximum absolute atomic E-state index is 9.98. The van der Waals surface area contributed by atoms with Crippen molar-refractivity contribution < 1.29 is 14.4 Å². The average molecular weight is 416 g/mol. The fraction of sp³-hybridized carbons (Fsp3) is 0.444. The van der Waals surface area contributed by atoms with Gasteiger partial charge in [0.25, 0.3) is 0 Å². The highest BCUT2D eigenvalue weighted by Crippen LogP contribution is 2.63. The van der Waals surface area contributed by atoms with Gasteiger partial charge < -0.3 is 14.7 Å². The van der Waals surface area contributed by atoms with E-state index in [2.05, 4.69) is 76.4 Å². The third-order valence-electron chi connectivity index (χ3n) is 8.51. The quantitative estimate of drug-likeness (QED) is 0.752. The van der Waals surface area contributed by atoms with E-state index in [1.807, 2.05) is 0 Å². The zero-order chi connectivity index (χ0) is 21.1. The highest BCUT2D eigenvalue weighted by Gasteiger charge is 2.70. The Hall–Kier alpha value is -2.59. The van der Waals surface area contributed by atoms with Crippen molar-refractivity contribution in [2.75, 3.05) is 25.2 Å². The Labute approximate surface area is 184 Å². The number of benzene rings is 2. The fourth-order valence-electron chi connectivity index (χ4n) is 7.41. The molecular formula is C27H31N2O2+. The summed E-state index contributed by atoms with van der Waals surface area (Å²) < 4.78 is 7.96. The number of hydrogen-bond donors (Lipinski definition) is 1. The van der Waals surface area contributed by atoms with Crippen LogP contribution in [-0.4, -0.2) is 48.2 Å². The lowest BCUT2D eigenvalue weighted by molar-refractivity contribution is -0.565. The molecule has 2 aromatic rings. The molecule has 0 unspecified atom stereocenters. The number of methoxy groups -OCH3 is 1. The molecule has 0 aromatic heterocycles. The van der Waals surface area contributed by atoms with E-state index in [9.17, 15) is 5.11 Å². The number of hydrogen-bond acceptors (Lipinski definition) is 3. The summed E-state index contributed by atoms with van der Waals surface area (Å²) in [7, 11) is 1.72. The molecular weight excluding hydrogens is 384 g/mol. The second-order valence-electron chi connectivity index (χ2n) is 9.69. The maximum Gasteiger partial charge on any atom is 0.173 e. The highest BCUT2D eigenvalue weighted by molar-refractivity contribution is 5.71. The Morgan fingerprint density at radius 3 is 2.77 bits per heavy atom. The van der Waals surface area contributed by atoms with Gasteiger partial charge in [-0.25, -0.2) is 4.58 Å². The predicted molar refractivity (Wildman–Crippen MR) is 123 cm³/mol. The molecule has 6 rings (SSSR count). The standard InChI is InChI=1S/C27H31N2O2/c1-31-21-9-7-20(8-10-21)19-29-23-6-3-2-5-22(23)27-14-17-28-16-4-12-26(15-18-30,25(27)28)13-11-24(27)29/h2-10,12,16,24-25,30H,11,13-15,17-19H2,1H3/q+1/t24-,25-,26-,27-/m0/s1. The molecule has 3 aliphatic heterocycles. The minimum atomic E-state index is 0.0692. The van der Waals surface area contributed by atoms with Crippen molar-refractivity contribution >= 4 is 11.9 Å². The molecule has 4 heteroatoms. The molecule has 4 nitrogen and oxygen atoms in total. The molecule has 160 valence electrons. The number of aliphatic hydroxyl groups excluding tert-OH is 1. The first-order valence-corrected chi connectivity index (χ1v) is 11.6. The van der Waals surface area contributed by atoms with Gasteiger partial charge >= 0.3 is 0 Å². The Morgan fingerprint density at radius 2 is 1.97 bits per heavy atom. The smallest absolute Gasteiger partial charge is 0.173 e. The summed E-state index contributed by atoms with van der Waals surface area (Å²) in [4.78, 5) is 2.68. The van der Waals surface area contributed by atoms with Gasteiger partial charge in [0.1, 0.15) is 12.3 Å². The van der Waals surface area contributed by atoms with E-state index in [1.165, 1.54) is 29.7 Å². The molecule has 2 aromatic carbocycles. The molecule has 1 aliphatic carbocycles. The zero-order valence-electron chi connectivity index (χ0n) is 18.2. The van der Waals surface area contributed by atoms with Crippen LogP contribution in [0.15, 0.2) is 60.7 Å². The van der Waals surface area contributed by atoms with Crippen LogP contribution in [-0.2, 0) is 12.0 Å². The predicted octanol–water partition coefficient (Wildman–Crippen LogP) is 3.91. The number of anilines is 1. The van der Waals surface area contributed by atoms with Crippen molar-refractivity contribution in [1.29, 1.82) is 0 Å². The van der Waals surface area contributed by atoms with Crippen LogP contribution in [0.3, 0.4) is 0 Å². The van der Waals surface area contributed by atoms with E-state index in [0.717, 1.165) is 31.7 Å². The van der Waals surface area contributed by atoms with Gasteiger partial charge in [0.05, 0.1) is 17.9 Å². The number of ether oxygens (including phenoxy) is 1. The topological polar surface area (TPSA) is 35.7 Å². The summed E-state index contributed by atoms with van der Waals surface area (Å²) in [6, 6.07) is 18.6. The van der Waals surface area contributed by atoms with Gasteiger partial charge in [-0.1, -0.05) is 36.4 Å². The Bertz CT molecular complexity index is 1060. The van der Waals surface area contributed by atoms with Crippen molar-refractivity contribution in [2.24, 2.45) is 5.41 Å². The summed E-state index contributed by atoms with van der Waals surface area (Å²) >= 11 is 0. The van der Waals surface area contributed by atoms with E-state index in [1.54, 1.807) is 7.11 Å². The molecule has 2 fully saturated rings. The number of para-hydroxylation sites is 1. The molecule has 1 saturated heterocycles. The molecule has 31 heavy (non-hydrogen) atoms. The third-order valence-corrected chi connectivity index (χ3v) is 8.51. The van der Waals surface area contributed by atoms with Crippen LogP contribution < -0.4 is 9.64 Å². The first kappa shape index (κ1) is 19.1. The highest BCUT2D eigenvalue weighted by atomic mass is 16.5. The van der Waals surface area contributed by atoms with Gasteiger partial charge in [-0.2, -0.15) is 0 Å². The molecule has 1 saturated carbocycles. The minimum Gasteiger partial charge on any atom is -0.497 e. The van der Waals surface area contributed by atoms with E-state index >= 15 is 0 Å². The number of aliphatic hydroxyl groups is 1. The Balaban J connectivity index is 1.46. The number of allylic oxidation sites excluding steroid dienone is 1. The summed E-state index contributed by atoms with van der Waals surface area (Å²) in [5, 5.41) is 9.98. The van der Waals surface area contributed by atoms with E-state index in [4.69, 9.17) is 4.74 Å². The lowest BCUT2D eigenvalue weighted by Gasteiger charge is -2.50. The molecule has 1 spiro atoms. The average Bonchev–Trinajstić information content (AvgIpc) is 3.33. The summed E-state index contributed by atoms with van der Waals surface area (Å²) in [5.41, 5.74) is 4.44. The molecule has 3 heterocycles. The summed E-state index contributed by atoms with van der Waals surface area (Å²) in [6.07, 6.45) is 11.3. The molecule has 0 amide bonds. The zero-order valence-corrected chi connectivity index (χ0v) is 18.2. The van der Waals surface area contributed by atoms with Crippen molar-refractivity contribution in [2.45, 2.75) is 49.7 Å². The first-order valence-electron chi connectivity index (χ1n) is 11.6. The lowest BCUT2D eigenvalue weighted by atomic mass is 9.54. The van der Waals surface area contributed by atoms with Crippen LogP contribution >= 0.6 is 0 Å². The van der Waals surface area contributed by atoms with Crippen LogP contribution in [0, 0.1) is 5.41 Å². The number of fused-ring (bicyclic) bond motifs is 1. The van der Waals surface area contributed by atoms with Crippen LogP contribution in [0.5, 0.6) is 5.75 Å². The second kappa shape index (κ2) is 6.96. The Kier molecular flexibility index (Phi) is 4.29. The van der Waals surface area contributed by atoms with E-state index in [-0.39, 0.29) is 17.4 Å². The van der Waals surface area contributed by atoms with Crippen molar-refractivity contribution in [1.82, 2.24) is 0 Å². The van der Waals surface area contributed by atoms with Crippen molar-refractivity contribution in [3.05, 3.63) is 71.8 Å². The van der Waals surface area contributed by atoms with Gasteiger partial charge in [-0.15, -0.1) is 0 Å². The molecule has 0 radical (unpaired) electrons. The molecule has 1 N–H and O–H groups in total. The maximum atomic E-state index is 9.98. The van der Waals surface area contributed by atoms with Gasteiger partial charge in [0.15, 0.2) is 12.3 Å². The largest absolute Gasteiger partial charge is 0.497 e. The molecule has 4 aliphatic rings. The SMILES string of the molecule is COc1ccc(CN2c3ccccc3[C@@]34CC[N+]5=CC=C[C@@](CCO)(CC[C@H]23)[C@H]54)cc1. The normalized spacial score (nSPS) is 32.3. The van der Waals surface area contributed by atoms with Crippen LogP contribution in [0.1, 0.15) is 36.8 Å². The van der Waals surface area contributed by atoms with Crippen LogP contribution in [0.4, 0.5) is 5.69 Å². The van der Waals surface area contributed by atoms with E-state index in [0.29, 0.717) is 12.1 Å². The minimum absolute atomic E-state index is 0.0692. The Morgan fingerprint density at radius 1 is 1.13 bits per heavy atom. The van der Waals surface area contributed by atoms with Crippen LogP contribution in [0.25, 0.3) is 0 Å².